The number of nitrogens with zero attached hydrogens (tertiary/aromatic N) is 3. The van der Waals surface area contributed by atoms with Crippen LogP contribution in [0.5, 0.6) is 0 Å². The third-order valence-corrected chi connectivity index (χ3v) is 12.7. The van der Waals surface area contributed by atoms with Gasteiger partial charge in [-0.05, 0) is 119 Å². The van der Waals surface area contributed by atoms with E-state index in [4.69, 9.17) is 0 Å². The maximum Gasteiger partial charge on any atom is 0.0583 e. The van der Waals surface area contributed by atoms with Gasteiger partial charge in [0.25, 0.3) is 0 Å². The highest BCUT2D eigenvalue weighted by Gasteiger charge is 2.36. The van der Waals surface area contributed by atoms with Crippen LogP contribution in [0.15, 0.2) is 218 Å². The highest BCUT2D eigenvalue weighted by atomic mass is 15.2. The van der Waals surface area contributed by atoms with E-state index in [-0.39, 0.29) is 5.41 Å². The second-order valence-corrected chi connectivity index (χ2v) is 16.6. The van der Waals surface area contributed by atoms with Gasteiger partial charge < -0.3 is 14.4 Å². The zero-order chi connectivity index (χ0) is 40.2. The van der Waals surface area contributed by atoms with E-state index in [9.17, 15) is 0 Å². The van der Waals surface area contributed by atoms with E-state index in [1.54, 1.807) is 0 Å². The number of rotatable bonds is 8. The summed E-state index contributed by atoms with van der Waals surface area (Å²) in [6.07, 6.45) is 9.90. The minimum atomic E-state index is -0.251. The van der Waals surface area contributed by atoms with E-state index in [2.05, 4.69) is 247 Å². The van der Waals surface area contributed by atoms with Crippen molar-refractivity contribution < 1.29 is 0 Å². The molecule has 0 bridgehead atoms. The van der Waals surface area contributed by atoms with E-state index in [1.807, 2.05) is 0 Å². The number of hydrogen-bond acceptors (Lipinski definition) is 2. The summed E-state index contributed by atoms with van der Waals surface area (Å²) >= 11 is 0. The van der Waals surface area contributed by atoms with Crippen molar-refractivity contribution in [1.82, 2.24) is 4.57 Å². The number of anilines is 6. The number of para-hydroxylation sites is 3. The van der Waals surface area contributed by atoms with Gasteiger partial charge >= 0.3 is 0 Å². The molecule has 8 aromatic carbocycles. The fourth-order valence-corrected chi connectivity index (χ4v) is 9.64. The first-order chi connectivity index (χ1) is 29.5. The average molecular weight is 772 g/mol. The Morgan fingerprint density at radius 3 is 1.68 bits per heavy atom. The number of benzene rings is 8. The zero-order valence-electron chi connectivity index (χ0n) is 33.9. The summed E-state index contributed by atoms with van der Waals surface area (Å²) < 4.78 is 2.52. The SMILES string of the molecule is CC1(C)c2ccccc2-n2c3ccc(N(c4ccccc4)c4ccc(C5C=CC=CC5)cc4)cc3c3cc(N(c4ccccc4)c4ccc(-c5ccccc5)cc4)cc1c32. The molecule has 0 N–H and O–H groups in total. The Hall–Kier alpha value is -7.36. The minimum absolute atomic E-state index is 0.251. The molecule has 0 radical (unpaired) electrons. The van der Waals surface area contributed by atoms with Gasteiger partial charge in [-0.25, -0.2) is 0 Å². The predicted octanol–water partition coefficient (Wildman–Crippen LogP) is 15.6. The molecule has 3 heteroatoms. The van der Waals surface area contributed by atoms with E-state index in [1.165, 1.54) is 55.3 Å². The van der Waals surface area contributed by atoms with E-state index in [0.29, 0.717) is 5.92 Å². The van der Waals surface area contributed by atoms with Crippen molar-refractivity contribution >= 4 is 55.9 Å². The molecule has 0 saturated heterocycles. The molecule has 1 aliphatic carbocycles. The van der Waals surface area contributed by atoms with Crippen molar-refractivity contribution in [1.29, 1.82) is 0 Å². The number of hydrogen-bond donors (Lipinski definition) is 0. The topological polar surface area (TPSA) is 11.4 Å². The summed E-state index contributed by atoms with van der Waals surface area (Å²) in [5.41, 5.74) is 16.6. The van der Waals surface area contributed by atoms with Gasteiger partial charge in [0.05, 0.1) is 16.7 Å². The Kier molecular flexibility index (Phi) is 8.63. The molecule has 1 aliphatic heterocycles. The lowest BCUT2D eigenvalue weighted by atomic mass is 9.74. The van der Waals surface area contributed by atoms with Gasteiger partial charge in [-0.15, -0.1) is 0 Å². The lowest BCUT2D eigenvalue weighted by Crippen LogP contribution is -2.26. The van der Waals surface area contributed by atoms with Crippen LogP contribution in [-0.4, -0.2) is 4.57 Å². The molecular formula is C57H45N3. The van der Waals surface area contributed by atoms with Crippen LogP contribution in [0, 0.1) is 0 Å². The Morgan fingerprint density at radius 2 is 1.02 bits per heavy atom. The molecule has 288 valence electrons. The maximum absolute atomic E-state index is 2.52. The second-order valence-electron chi connectivity index (χ2n) is 16.6. The molecule has 60 heavy (non-hydrogen) atoms. The van der Waals surface area contributed by atoms with Crippen LogP contribution in [-0.2, 0) is 5.41 Å². The smallest absolute Gasteiger partial charge is 0.0583 e. The Bertz CT molecular complexity index is 3070. The maximum atomic E-state index is 2.52. The van der Waals surface area contributed by atoms with Crippen molar-refractivity contribution in [2.24, 2.45) is 0 Å². The lowest BCUT2D eigenvalue weighted by Gasteiger charge is -2.36. The van der Waals surface area contributed by atoms with Gasteiger partial charge in [-0.3, -0.25) is 0 Å². The van der Waals surface area contributed by atoms with Gasteiger partial charge in [-0.1, -0.05) is 147 Å². The first-order valence-electron chi connectivity index (χ1n) is 21.0. The molecule has 0 amide bonds. The van der Waals surface area contributed by atoms with Crippen molar-refractivity contribution in [3.63, 3.8) is 0 Å². The van der Waals surface area contributed by atoms with Crippen molar-refractivity contribution in [3.05, 3.63) is 235 Å². The normalized spacial score (nSPS) is 14.9. The molecule has 2 aliphatic rings. The van der Waals surface area contributed by atoms with Crippen molar-refractivity contribution in [2.75, 3.05) is 9.80 Å². The molecule has 0 saturated carbocycles. The van der Waals surface area contributed by atoms with E-state index < -0.39 is 0 Å². The molecule has 2 heterocycles. The van der Waals surface area contributed by atoms with Crippen LogP contribution in [0.4, 0.5) is 34.1 Å². The molecule has 11 rings (SSSR count). The van der Waals surface area contributed by atoms with Crippen LogP contribution in [0.2, 0.25) is 0 Å². The van der Waals surface area contributed by atoms with E-state index in [0.717, 1.165) is 40.5 Å². The number of fused-ring (bicyclic) bond motifs is 5. The Morgan fingerprint density at radius 1 is 0.467 bits per heavy atom. The predicted molar refractivity (Wildman–Crippen MR) is 253 cm³/mol. The van der Waals surface area contributed by atoms with E-state index >= 15 is 0 Å². The second kappa shape index (κ2) is 14.5. The minimum Gasteiger partial charge on any atom is -0.310 e. The summed E-state index contributed by atoms with van der Waals surface area (Å²) in [4.78, 5) is 4.82. The molecule has 1 unspecified atom stereocenters. The van der Waals surface area contributed by atoms with Gasteiger partial charge in [0.1, 0.15) is 0 Å². The van der Waals surface area contributed by atoms with Crippen LogP contribution in [0.1, 0.15) is 42.9 Å². The molecule has 9 aromatic rings. The summed E-state index contributed by atoms with van der Waals surface area (Å²) in [5, 5.41) is 2.46. The van der Waals surface area contributed by atoms with Crippen LogP contribution in [0.25, 0.3) is 38.6 Å². The molecule has 3 nitrogen and oxygen atoms in total. The van der Waals surface area contributed by atoms with Gasteiger partial charge in [0.15, 0.2) is 0 Å². The van der Waals surface area contributed by atoms with Crippen molar-refractivity contribution in [2.45, 2.75) is 31.6 Å². The van der Waals surface area contributed by atoms with Crippen LogP contribution < -0.4 is 9.80 Å². The standard InChI is InChI=1S/C57H45N3/c1-57(2)52-25-15-16-26-55(52)60-54-36-35-48(58(44-21-11-5-12-22-44)46-31-27-42(28-32-46)40-17-7-3-8-18-40)37-50(54)51-38-49(39-53(57)56(51)60)59(45-23-13-6-14-24-45)47-33-29-43(30-34-47)41-19-9-4-10-20-41/h3-17,19-40H,18H2,1-2H3. The van der Waals surface area contributed by atoms with Crippen LogP contribution >= 0.6 is 0 Å². The Balaban J connectivity index is 1.13. The molecule has 0 fully saturated rings. The molecular weight excluding hydrogens is 727 g/mol. The summed E-state index contributed by atoms with van der Waals surface area (Å²) in [6, 6.07) is 71.3. The van der Waals surface area contributed by atoms with Gasteiger partial charge in [0, 0.05) is 56.2 Å². The third-order valence-electron chi connectivity index (χ3n) is 12.7. The fraction of sp³-hybridized carbons (Fsp3) is 0.0877. The average Bonchev–Trinajstić information content (AvgIpc) is 3.64. The monoisotopic (exact) mass is 771 g/mol. The summed E-state index contributed by atoms with van der Waals surface area (Å²) in [6.45, 7) is 4.78. The number of allylic oxidation sites excluding steroid dienone is 4. The highest BCUT2D eigenvalue weighted by Crippen LogP contribution is 2.51. The number of aromatic nitrogens is 1. The molecule has 1 aromatic heterocycles. The molecule has 0 spiro atoms. The molecule has 1 atom stereocenters. The third kappa shape index (κ3) is 5.96. The first kappa shape index (κ1) is 35.8. The summed E-state index contributed by atoms with van der Waals surface area (Å²) in [7, 11) is 0. The Labute approximate surface area is 352 Å². The highest BCUT2D eigenvalue weighted by molar-refractivity contribution is 6.14. The first-order valence-corrected chi connectivity index (χ1v) is 21.0. The zero-order valence-corrected chi connectivity index (χ0v) is 33.9. The van der Waals surface area contributed by atoms with Crippen molar-refractivity contribution in [3.8, 4) is 16.8 Å². The van der Waals surface area contributed by atoms with Crippen LogP contribution in [0.3, 0.4) is 0 Å². The lowest BCUT2D eigenvalue weighted by molar-refractivity contribution is 0.630. The van der Waals surface area contributed by atoms with Gasteiger partial charge in [-0.2, -0.15) is 0 Å². The van der Waals surface area contributed by atoms with Gasteiger partial charge in [0.2, 0.25) is 0 Å². The quantitative estimate of drug-likeness (QED) is 0.152. The summed E-state index contributed by atoms with van der Waals surface area (Å²) in [5.74, 6) is 0.402. The largest absolute Gasteiger partial charge is 0.310 e. The fourth-order valence-electron chi connectivity index (χ4n) is 9.64.